The van der Waals surface area contributed by atoms with Crippen LogP contribution in [0.4, 0.5) is 4.79 Å². The second-order valence-corrected chi connectivity index (χ2v) is 8.92. The predicted octanol–water partition coefficient (Wildman–Crippen LogP) is 3.87. The quantitative estimate of drug-likeness (QED) is 0.334. The number of ether oxygens (including phenoxy) is 1. The van der Waals surface area contributed by atoms with E-state index in [2.05, 4.69) is 20.6 Å². The van der Waals surface area contributed by atoms with Gasteiger partial charge < -0.3 is 19.9 Å². The molecule has 0 spiro atoms. The lowest BCUT2D eigenvalue weighted by Crippen LogP contribution is -2.41. The van der Waals surface area contributed by atoms with Crippen LogP contribution in [0.25, 0.3) is 0 Å². The fourth-order valence-electron chi connectivity index (χ4n) is 2.66. The third-order valence-electron chi connectivity index (χ3n) is 3.98. The van der Waals surface area contributed by atoms with Gasteiger partial charge in [-0.1, -0.05) is 0 Å². The molecule has 0 aliphatic heterocycles. The van der Waals surface area contributed by atoms with Gasteiger partial charge in [0.25, 0.3) is 0 Å². The van der Waals surface area contributed by atoms with Crippen molar-refractivity contribution in [2.24, 2.45) is 4.99 Å². The van der Waals surface area contributed by atoms with E-state index in [4.69, 9.17) is 9.73 Å². The standard InChI is InChI=1S/C19H33N5O2S.HI/c1-7-20-17(23(6)12-15-13-27-14(2)22-15)21-10-11-24(16-8-9-16)18(25)26-19(3,4)5;/h13,16H,7-12H2,1-6H3,(H,20,21);1H. The Morgan fingerprint density at radius 3 is 2.61 bits per heavy atom. The summed E-state index contributed by atoms with van der Waals surface area (Å²) < 4.78 is 5.54. The summed E-state index contributed by atoms with van der Waals surface area (Å²) in [4.78, 5) is 25.5. The second-order valence-electron chi connectivity index (χ2n) is 7.85. The SMILES string of the molecule is CCNC(=NCCN(C(=O)OC(C)(C)C)C1CC1)N(C)Cc1csc(C)n1.I. The number of rotatable bonds is 7. The topological polar surface area (TPSA) is 70.1 Å². The van der Waals surface area contributed by atoms with Gasteiger partial charge in [-0.15, -0.1) is 35.3 Å². The fraction of sp³-hybridized carbons (Fsp3) is 0.737. The number of hydrogen-bond donors (Lipinski definition) is 1. The van der Waals surface area contributed by atoms with Crippen LogP contribution >= 0.6 is 35.3 Å². The molecule has 1 fully saturated rings. The third-order valence-corrected chi connectivity index (χ3v) is 4.80. The molecule has 1 heterocycles. The molecule has 0 aromatic carbocycles. The zero-order valence-electron chi connectivity index (χ0n) is 17.8. The van der Waals surface area contributed by atoms with E-state index in [1.54, 1.807) is 11.3 Å². The number of aryl methyl sites for hydroxylation is 1. The first-order chi connectivity index (χ1) is 12.7. The lowest BCUT2D eigenvalue weighted by atomic mass is 10.2. The van der Waals surface area contributed by atoms with Gasteiger partial charge in [-0.3, -0.25) is 4.99 Å². The lowest BCUT2D eigenvalue weighted by molar-refractivity contribution is 0.0240. The molecular weight excluding hydrogens is 489 g/mol. The Hall–Kier alpha value is -1.10. The molecule has 0 radical (unpaired) electrons. The van der Waals surface area contributed by atoms with Crippen LogP contribution in [0, 0.1) is 6.92 Å². The molecule has 0 bridgehead atoms. The van der Waals surface area contributed by atoms with Crippen LogP contribution in [-0.4, -0.2) is 65.2 Å². The minimum atomic E-state index is -0.478. The first kappa shape index (κ1) is 24.9. The van der Waals surface area contributed by atoms with Crippen molar-refractivity contribution in [2.45, 2.75) is 65.6 Å². The van der Waals surface area contributed by atoms with Crippen molar-refractivity contribution >= 4 is 47.4 Å². The normalized spacial score (nSPS) is 14.3. The highest BCUT2D eigenvalue weighted by Crippen LogP contribution is 2.28. The number of carbonyl (C=O) groups excluding carboxylic acids is 1. The minimum Gasteiger partial charge on any atom is -0.444 e. The number of halogens is 1. The highest BCUT2D eigenvalue weighted by molar-refractivity contribution is 14.0. The fourth-order valence-corrected chi connectivity index (χ4v) is 3.27. The number of aromatic nitrogens is 1. The number of thiazole rings is 1. The van der Waals surface area contributed by atoms with E-state index in [0.717, 1.165) is 36.0 Å². The summed E-state index contributed by atoms with van der Waals surface area (Å²) in [6, 6.07) is 0.299. The van der Waals surface area contributed by atoms with Crippen LogP contribution in [0.3, 0.4) is 0 Å². The maximum Gasteiger partial charge on any atom is 0.410 e. The number of guanidine groups is 1. The summed E-state index contributed by atoms with van der Waals surface area (Å²) in [7, 11) is 2.00. The molecule has 1 saturated carbocycles. The van der Waals surface area contributed by atoms with Crippen LogP contribution in [0.1, 0.15) is 51.2 Å². The highest BCUT2D eigenvalue weighted by atomic mass is 127. The molecule has 28 heavy (non-hydrogen) atoms. The smallest absolute Gasteiger partial charge is 0.410 e. The molecule has 1 aromatic heterocycles. The first-order valence-electron chi connectivity index (χ1n) is 9.59. The van der Waals surface area contributed by atoms with Crippen LogP contribution in [0.2, 0.25) is 0 Å². The van der Waals surface area contributed by atoms with Gasteiger partial charge in [-0.05, 0) is 47.5 Å². The first-order valence-corrected chi connectivity index (χ1v) is 10.5. The Balaban J connectivity index is 0.00000392. The Labute approximate surface area is 190 Å². The van der Waals surface area contributed by atoms with Crippen LogP contribution in [-0.2, 0) is 11.3 Å². The summed E-state index contributed by atoms with van der Waals surface area (Å²) >= 11 is 1.65. The molecule has 1 aromatic rings. The Morgan fingerprint density at radius 2 is 2.11 bits per heavy atom. The van der Waals surface area contributed by atoms with Crippen LogP contribution in [0.5, 0.6) is 0 Å². The molecular formula is C19H34IN5O2S. The number of hydrogen-bond acceptors (Lipinski definition) is 5. The molecule has 9 heteroatoms. The van der Waals surface area contributed by atoms with Gasteiger partial charge in [0, 0.05) is 31.6 Å². The molecule has 7 nitrogen and oxygen atoms in total. The predicted molar refractivity (Wildman–Crippen MR) is 126 cm³/mol. The van der Waals surface area contributed by atoms with Crippen molar-refractivity contribution < 1.29 is 9.53 Å². The van der Waals surface area contributed by atoms with Crippen LogP contribution in [0.15, 0.2) is 10.4 Å². The Bertz CT molecular complexity index is 655. The van der Waals surface area contributed by atoms with Crippen molar-refractivity contribution in [3.05, 3.63) is 16.1 Å². The van der Waals surface area contributed by atoms with E-state index >= 15 is 0 Å². The van der Waals surface area contributed by atoms with Gasteiger partial charge in [-0.25, -0.2) is 9.78 Å². The second kappa shape index (κ2) is 11.2. The van der Waals surface area contributed by atoms with Gasteiger partial charge in [0.05, 0.1) is 23.8 Å². The maximum atomic E-state index is 12.4. The van der Waals surface area contributed by atoms with E-state index in [0.29, 0.717) is 25.7 Å². The zero-order chi connectivity index (χ0) is 20.0. The molecule has 160 valence electrons. The highest BCUT2D eigenvalue weighted by Gasteiger charge is 2.34. The summed E-state index contributed by atoms with van der Waals surface area (Å²) in [5.41, 5.74) is 0.563. The Kier molecular flexibility index (Phi) is 9.96. The molecule has 2 rings (SSSR count). The lowest BCUT2D eigenvalue weighted by Gasteiger charge is -2.27. The zero-order valence-corrected chi connectivity index (χ0v) is 21.0. The van der Waals surface area contributed by atoms with Crippen molar-refractivity contribution in [2.75, 3.05) is 26.7 Å². The summed E-state index contributed by atoms with van der Waals surface area (Å²) in [5, 5.41) is 6.46. The molecule has 1 aliphatic rings. The van der Waals surface area contributed by atoms with E-state index < -0.39 is 5.60 Å². The third kappa shape index (κ3) is 8.50. The van der Waals surface area contributed by atoms with Crippen molar-refractivity contribution in [3.8, 4) is 0 Å². The number of nitrogens with one attached hydrogen (secondary N) is 1. The maximum absolute atomic E-state index is 12.4. The number of carbonyl (C=O) groups is 1. The monoisotopic (exact) mass is 523 g/mol. The van der Waals surface area contributed by atoms with E-state index in [-0.39, 0.29) is 30.1 Å². The van der Waals surface area contributed by atoms with E-state index in [9.17, 15) is 4.79 Å². The molecule has 0 atom stereocenters. The number of aliphatic imine (C=N–C) groups is 1. The molecule has 1 amide bonds. The molecule has 0 unspecified atom stereocenters. The van der Waals surface area contributed by atoms with Crippen molar-refractivity contribution in [1.29, 1.82) is 0 Å². The van der Waals surface area contributed by atoms with Gasteiger partial charge in [0.1, 0.15) is 5.60 Å². The Morgan fingerprint density at radius 1 is 1.43 bits per heavy atom. The summed E-state index contributed by atoms with van der Waals surface area (Å²) in [6.07, 6.45) is 1.86. The van der Waals surface area contributed by atoms with E-state index in [1.165, 1.54) is 0 Å². The summed E-state index contributed by atoms with van der Waals surface area (Å²) in [6.45, 7) is 12.3. The number of amides is 1. The molecule has 0 saturated heterocycles. The van der Waals surface area contributed by atoms with Gasteiger partial charge in [-0.2, -0.15) is 0 Å². The molecule has 1 aliphatic carbocycles. The van der Waals surface area contributed by atoms with Crippen molar-refractivity contribution in [3.63, 3.8) is 0 Å². The van der Waals surface area contributed by atoms with Crippen LogP contribution < -0.4 is 5.32 Å². The van der Waals surface area contributed by atoms with Gasteiger partial charge in [0.2, 0.25) is 0 Å². The van der Waals surface area contributed by atoms with E-state index in [1.807, 2.05) is 46.6 Å². The number of nitrogens with zero attached hydrogens (tertiary/aromatic N) is 4. The van der Waals surface area contributed by atoms with Crippen molar-refractivity contribution in [1.82, 2.24) is 20.1 Å². The van der Waals surface area contributed by atoms with Gasteiger partial charge >= 0.3 is 6.09 Å². The average molecular weight is 523 g/mol. The summed E-state index contributed by atoms with van der Waals surface area (Å²) in [5.74, 6) is 0.822. The van der Waals surface area contributed by atoms with Gasteiger partial charge in [0.15, 0.2) is 5.96 Å². The molecule has 1 N–H and O–H groups in total. The largest absolute Gasteiger partial charge is 0.444 e. The minimum absolute atomic E-state index is 0. The average Bonchev–Trinajstić information content (AvgIpc) is 3.31.